The van der Waals surface area contributed by atoms with Crippen molar-refractivity contribution in [1.82, 2.24) is 0 Å². The Labute approximate surface area is 105 Å². The van der Waals surface area contributed by atoms with Crippen molar-refractivity contribution in [2.45, 2.75) is 18.9 Å². The molecule has 0 amide bonds. The van der Waals surface area contributed by atoms with Crippen LogP contribution in [0.5, 0.6) is 0 Å². The van der Waals surface area contributed by atoms with Crippen LogP contribution in [0.4, 0.5) is 27.6 Å². The first-order chi connectivity index (χ1) is 9.02. The van der Waals surface area contributed by atoms with Crippen molar-refractivity contribution in [3.8, 4) is 0 Å². The molecular weight excluding hydrogens is 269 g/mol. The summed E-state index contributed by atoms with van der Waals surface area (Å²) < 4.78 is 70.4. The Kier molecular flexibility index (Phi) is 3.92. The van der Waals surface area contributed by atoms with Gasteiger partial charge in [-0.1, -0.05) is 0 Å². The van der Waals surface area contributed by atoms with E-state index in [1.165, 1.54) is 6.26 Å². The standard InChI is InChI=1S/C12H10F5NO/c13-7-8(14)10(16)12(11(17)9(7)15)18-5-6-3-1-2-4-19-6/h2,4,6,18H,1,3,5H2. The highest BCUT2D eigenvalue weighted by molar-refractivity contribution is 5.47. The third-order valence-electron chi connectivity index (χ3n) is 2.74. The van der Waals surface area contributed by atoms with Gasteiger partial charge >= 0.3 is 0 Å². The zero-order chi connectivity index (χ0) is 14.0. The molecule has 0 aliphatic carbocycles. The summed E-state index contributed by atoms with van der Waals surface area (Å²) in [6.45, 7) is -0.0529. The Balaban J connectivity index is 2.18. The Morgan fingerprint density at radius 2 is 1.58 bits per heavy atom. The van der Waals surface area contributed by atoms with Crippen LogP contribution >= 0.6 is 0 Å². The second-order valence-electron chi connectivity index (χ2n) is 4.03. The molecule has 104 valence electrons. The molecule has 1 atom stereocenters. The van der Waals surface area contributed by atoms with Crippen LogP contribution < -0.4 is 5.32 Å². The molecule has 2 rings (SSSR count). The minimum atomic E-state index is -2.17. The zero-order valence-corrected chi connectivity index (χ0v) is 9.65. The molecule has 0 saturated carbocycles. The summed E-state index contributed by atoms with van der Waals surface area (Å²) in [6, 6.07) is 0. The molecule has 0 aromatic heterocycles. The molecular formula is C12H10F5NO. The predicted octanol–water partition coefficient (Wildman–Crippen LogP) is 3.49. The van der Waals surface area contributed by atoms with E-state index in [9.17, 15) is 22.0 Å². The van der Waals surface area contributed by atoms with Crippen LogP contribution in [0.15, 0.2) is 12.3 Å². The molecule has 0 bridgehead atoms. The van der Waals surface area contributed by atoms with Crippen LogP contribution in [0.1, 0.15) is 12.8 Å². The lowest BCUT2D eigenvalue weighted by molar-refractivity contribution is 0.135. The minimum absolute atomic E-state index is 0.0529. The minimum Gasteiger partial charge on any atom is -0.497 e. The van der Waals surface area contributed by atoms with Crippen LogP contribution in [-0.2, 0) is 4.74 Å². The number of nitrogens with one attached hydrogen (secondary N) is 1. The normalized spacial score (nSPS) is 18.3. The van der Waals surface area contributed by atoms with E-state index in [1.807, 2.05) is 0 Å². The smallest absolute Gasteiger partial charge is 0.200 e. The van der Waals surface area contributed by atoms with Gasteiger partial charge in [0.15, 0.2) is 23.3 Å². The summed E-state index contributed by atoms with van der Waals surface area (Å²) in [4.78, 5) is 0. The van der Waals surface area contributed by atoms with Crippen LogP contribution in [0.25, 0.3) is 0 Å². The van der Waals surface area contributed by atoms with Gasteiger partial charge in [0.05, 0.1) is 12.8 Å². The molecule has 0 radical (unpaired) electrons. The molecule has 1 aromatic rings. The number of hydrogen-bond donors (Lipinski definition) is 1. The third kappa shape index (κ3) is 2.64. The van der Waals surface area contributed by atoms with Gasteiger partial charge in [-0.3, -0.25) is 0 Å². The van der Waals surface area contributed by atoms with Crippen LogP contribution in [0, 0.1) is 29.1 Å². The van der Waals surface area contributed by atoms with E-state index in [2.05, 4.69) is 5.32 Å². The van der Waals surface area contributed by atoms with E-state index in [1.54, 1.807) is 6.08 Å². The number of anilines is 1. The van der Waals surface area contributed by atoms with Crippen molar-refractivity contribution in [3.63, 3.8) is 0 Å². The molecule has 1 unspecified atom stereocenters. The van der Waals surface area contributed by atoms with E-state index >= 15 is 0 Å². The Hall–Kier alpha value is -1.79. The van der Waals surface area contributed by atoms with Crippen molar-refractivity contribution >= 4 is 5.69 Å². The highest BCUT2D eigenvalue weighted by atomic mass is 19.2. The van der Waals surface area contributed by atoms with Gasteiger partial charge in [0.1, 0.15) is 11.8 Å². The number of benzene rings is 1. The van der Waals surface area contributed by atoms with Crippen LogP contribution in [0.3, 0.4) is 0 Å². The van der Waals surface area contributed by atoms with Gasteiger partial charge in [-0.2, -0.15) is 0 Å². The number of rotatable bonds is 3. The summed E-state index contributed by atoms with van der Waals surface area (Å²) in [5, 5.41) is 2.20. The summed E-state index contributed by atoms with van der Waals surface area (Å²) in [5.74, 6) is -9.85. The van der Waals surface area contributed by atoms with Crippen molar-refractivity contribution < 1.29 is 26.7 Å². The maximum absolute atomic E-state index is 13.3. The summed E-state index contributed by atoms with van der Waals surface area (Å²) >= 11 is 0. The van der Waals surface area contributed by atoms with Gasteiger partial charge in [0.2, 0.25) is 5.82 Å². The fourth-order valence-corrected chi connectivity index (χ4v) is 1.71. The fraction of sp³-hybridized carbons (Fsp3) is 0.333. The average Bonchev–Trinajstić information content (AvgIpc) is 2.44. The molecule has 0 spiro atoms. The first-order valence-corrected chi connectivity index (χ1v) is 5.58. The van der Waals surface area contributed by atoms with Crippen molar-refractivity contribution in [2.24, 2.45) is 0 Å². The second kappa shape index (κ2) is 5.46. The highest BCUT2D eigenvalue weighted by Gasteiger charge is 2.26. The zero-order valence-electron chi connectivity index (χ0n) is 9.65. The van der Waals surface area contributed by atoms with Crippen molar-refractivity contribution in [2.75, 3.05) is 11.9 Å². The topological polar surface area (TPSA) is 21.3 Å². The lowest BCUT2D eigenvalue weighted by Crippen LogP contribution is -2.24. The highest BCUT2D eigenvalue weighted by Crippen LogP contribution is 2.27. The van der Waals surface area contributed by atoms with E-state index < -0.39 is 34.8 Å². The molecule has 2 nitrogen and oxygen atoms in total. The Bertz CT molecular complexity index is 488. The number of ether oxygens (including phenoxy) is 1. The number of hydrogen-bond acceptors (Lipinski definition) is 2. The van der Waals surface area contributed by atoms with Gasteiger partial charge < -0.3 is 10.1 Å². The molecule has 0 saturated heterocycles. The largest absolute Gasteiger partial charge is 0.497 e. The van der Waals surface area contributed by atoms with E-state index in [-0.39, 0.29) is 12.6 Å². The van der Waals surface area contributed by atoms with E-state index in [0.29, 0.717) is 6.42 Å². The summed E-state index contributed by atoms with van der Waals surface area (Å²) in [7, 11) is 0. The molecule has 7 heteroatoms. The second-order valence-corrected chi connectivity index (χ2v) is 4.03. The Morgan fingerprint density at radius 1 is 1.00 bits per heavy atom. The molecule has 19 heavy (non-hydrogen) atoms. The number of halogens is 5. The quantitative estimate of drug-likeness (QED) is 0.519. The predicted molar refractivity (Wildman–Crippen MR) is 58.0 cm³/mol. The molecule has 1 N–H and O–H groups in total. The maximum Gasteiger partial charge on any atom is 0.200 e. The van der Waals surface area contributed by atoms with E-state index in [4.69, 9.17) is 4.74 Å². The van der Waals surface area contributed by atoms with Gasteiger partial charge in [-0.15, -0.1) is 0 Å². The van der Waals surface area contributed by atoms with Crippen molar-refractivity contribution in [3.05, 3.63) is 41.4 Å². The molecule has 0 fully saturated rings. The molecule has 1 aliphatic heterocycles. The maximum atomic E-state index is 13.3. The van der Waals surface area contributed by atoms with Crippen LogP contribution in [0.2, 0.25) is 0 Å². The lowest BCUT2D eigenvalue weighted by Gasteiger charge is -2.20. The van der Waals surface area contributed by atoms with Gasteiger partial charge in [-0.25, -0.2) is 22.0 Å². The lowest BCUT2D eigenvalue weighted by atomic mass is 10.1. The fourth-order valence-electron chi connectivity index (χ4n) is 1.71. The average molecular weight is 279 g/mol. The molecule has 1 aliphatic rings. The number of allylic oxidation sites excluding steroid dienone is 1. The monoisotopic (exact) mass is 279 g/mol. The summed E-state index contributed by atoms with van der Waals surface area (Å²) in [5.41, 5.74) is -1.03. The third-order valence-corrected chi connectivity index (χ3v) is 2.74. The SMILES string of the molecule is Fc1c(F)c(F)c(NCC2CCC=CO2)c(F)c1F. The van der Waals surface area contributed by atoms with Gasteiger partial charge in [0.25, 0.3) is 0 Å². The van der Waals surface area contributed by atoms with Crippen molar-refractivity contribution in [1.29, 1.82) is 0 Å². The van der Waals surface area contributed by atoms with Gasteiger partial charge in [-0.05, 0) is 18.9 Å². The van der Waals surface area contributed by atoms with E-state index in [0.717, 1.165) is 6.42 Å². The molecule has 1 aromatic carbocycles. The van der Waals surface area contributed by atoms with Gasteiger partial charge in [0, 0.05) is 0 Å². The first kappa shape index (κ1) is 13.6. The Morgan fingerprint density at radius 3 is 2.11 bits per heavy atom. The summed E-state index contributed by atoms with van der Waals surface area (Å²) in [6.07, 6.45) is 4.16. The van der Waals surface area contributed by atoms with Crippen LogP contribution in [-0.4, -0.2) is 12.6 Å². The first-order valence-electron chi connectivity index (χ1n) is 5.58. The molecule has 1 heterocycles.